The largest absolute Gasteiger partial charge is 0.439 e. The minimum Gasteiger partial charge on any atom is -0.439 e. The molecule has 0 atom stereocenters. The number of aromatic nitrogens is 3. The van der Waals surface area contributed by atoms with Crippen LogP contribution in [0, 0.1) is 10.5 Å². The first-order valence-corrected chi connectivity index (χ1v) is 6.99. The van der Waals surface area contributed by atoms with Crippen molar-refractivity contribution in [2.75, 3.05) is 5.73 Å². The summed E-state index contributed by atoms with van der Waals surface area (Å²) in [6.45, 7) is 2.05. The molecule has 0 aliphatic carbocycles. The Morgan fingerprint density at radius 2 is 2.25 bits per heavy atom. The molecule has 0 radical (unpaired) electrons. The highest BCUT2D eigenvalue weighted by molar-refractivity contribution is 14.1. The second-order valence-corrected chi connectivity index (χ2v) is 5.49. The SMILES string of the molecule is Cc1ncn(Cc2nc3cc(N)ccc3o2)c(=O)c1I. The van der Waals surface area contributed by atoms with E-state index in [2.05, 4.69) is 9.97 Å². The summed E-state index contributed by atoms with van der Waals surface area (Å²) in [4.78, 5) is 20.6. The van der Waals surface area contributed by atoms with Crippen molar-refractivity contribution < 1.29 is 4.42 Å². The molecule has 7 heteroatoms. The Balaban J connectivity index is 2.01. The van der Waals surface area contributed by atoms with Crippen LogP contribution >= 0.6 is 22.6 Å². The highest BCUT2D eigenvalue weighted by atomic mass is 127. The van der Waals surface area contributed by atoms with E-state index in [1.807, 2.05) is 22.6 Å². The fourth-order valence-corrected chi connectivity index (χ4v) is 2.31. The van der Waals surface area contributed by atoms with E-state index >= 15 is 0 Å². The second kappa shape index (κ2) is 4.89. The van der Waals surface area contributed by atoms with Gasteiger partial charge in [0.15, 0.2) is 5.58 Å². The maximum Gasteiger partial charge on any atom is 0.267 e. The van der Waals surface area contributed by atoms with Crippen molar-refractivity contribution in [1.29, 1.82) is 0 Å². The van der Waals surface area contributed by atoms with Gasteiger partial charge in [-0.1, -0.05) is 0 Å². The number of anilines is 1. The Morgan fingerprint density at radius 3 is 3.05 bits per heavy atom. The number of halogens is 1. The van der Waals surface area contributed by atoms with Crippen LogP contribution in [0.5, 0.6) is 0 Å². The first kappa shape index (κ1) is 13.1. The van der Waals surface area contributed by atoms with Crippen LogP contribution in [0.4, 0.5) is 5.69 Å². The number of nitrogens with two attached hydrogens (primary N) is 1. The van der Waals surface area contributed by atoms with Crippen molar-refractivity contribution in [3.63, 3.8) is 0 Å². The number of nitrogens with zero attached hydrogens (tertiary/aromatic N) is 3. The normalized spacial score (nSPS) is 11.1. The average molecular weight is 382 g/mol. The first-order chi connectivity index (χ1) is 9.54. The lowest BCUT2D eigenvalue weighted by atomic mass is 10.3. The molecule has 2 heterocycles. The molecule has 20 heavy (non-hydrogen) atoms. The number of nitrogen functional groups attached to an aromatic ring is 1. The lowest BCUT2D eigenvalue weighted by molar-refractivity contribution is 0.500. The van der Waals surface area contributed by atoms with Crippen molar-refractivity contribution in [2.24, 2.45) is 0 Å². The Morgan fingerprint density at radius 1 is 1.45 bits per heavy atom. The minimum atomic E-state index is -0.0973. The van der Waals surface area contributed by atoms with Crippen LogP contribution < -0.4 is 11.3 Å². The summed E-state index contributed by atoms with van der Waals surface area (Å²) in [7, 11) is 0. The third-order valence-electron chi connectivity index (χ3n) is 2.92. The maximum absolute atomic E-state index is 12.1. The van der Waals surface area contributed by atoms with E-state index in [0.29, 0.717) is 26.2 Å². The van der Waals surface area contributed by atoms with Crippen molar-refractivity contribution in [3.8, 4) is 0 Å². The van der Waals surface area contributed by atoms with Crippen LogP contribution in [0.3, 0.4) is 0 Å². The van der Waals surface area contributed by atoms with Gasteiger partial charge < -0.3 is 10.2 Å². The predicted molar refractivity (Wildman–Crippen MR) is 83.5 cm³/mol. The molecule has 0 spiro atoms. The standard InChI is InChI=1S/C13H11IN4O2/c1-7-12(14)13(19)18(6-16-7)5-11-17-9-4-8(15)2-3-10(9)20-11/h2-4,6H,5,15H2,1H3. The summed E-state index contributed by atoms with van der Waals surface area (Å²) in [5, 5.41) is 0. The zero-order valence-electron chi connectivity index (χ0n) is 10.6. The van der Waals surface area contributed by atoms with Crippen LogP contribution in [0.15, 0.2) is 33.7 Å². The highest BCUT2D eigenvalue weighted by Crippen LogP contribution is 2.18. The van der Waals surface area contributed by atoms with Gasteiger partial charge in [0.05, 0.1) is 15.6 Å². The van der Waals surface area contributed by atoms with Crippen LogP contribution in [0.25, 0.3) is 11.1 Å². The van der Waals surface area contributed by atoms with Gasteiger partial charge in [0.2, 0.25) is 5.89 Å². The summed E-state index contributed by atoms with van der Waals surface area (Å²) in [5.74, 6) is 0.453. The molecule has 2 N–H and O–H groups in total. The number of benzene rings is 1. The minimum absolute atomic E-state index is 0.0973. The predicted octanol–water partition coefficient (Wildman–Crippen LogP) is 1.93. The van der Waals surface area contributed by atoms with Gasteiger partial charge in [-0.15, -0.1) is 0 Å². The summed E-state index contributed by atoms with van der Waals surface area (Å²) < 4.78 is 7.67. The molecule has 0 fully saturated rings. The lowest BCUT2D eigenvalue weighted by Gasteiger charge is -2.03. The molecule has 0 aliphatic rings. The number of rotatable bonds is 2. The van der Waals surface area contributed by atoms with E-state index in [1.165, 1.54) is 10.9 Å². The van der Waals surface area contributed by atoms with Gasteiger partial charge in [0, 0.05) is 5.69 Å². The molecule has 0 aliphatic heterocycles. The maximum atomic E-state index is 12.1. The molecule has 1 aromatic carbocycles. The van der Waals surface area contributed by atoms with Gasteiger partial charge in [-0.3, -0.25) is 9.36 Å². The van der Waals surface area contributed by atoms with Crippen LogP contribution in [-0.4, -0.2) is 14.5 Å². The van der Waals surface area contributed by atoms with Crippen molar-refractivity contribution >= 4 is 39.4 Å². The van der Waals surface area contributed by atoms with Crippen LogP contribution in [0.1, 0.15) is 11.6 Å². The molecule has 6 nitrogen and oxygen atoms in total. The smallest absolute Gasteiger partial charge is 0.267 e. The van der Waals surface area contributed by atoms with E-state index in [9.17, 15) is 4.79 Å². The molecular weight excluding hydrogens is 371 g/mol. The van der Waals surface area contributed by atoms with Crippen molar-refractivity contribution in [3.05, 3.63) is 50.0 Å². The zero-order chi connectivity index (χ0) is 14.3. The van der Waals surface area contributed by atoms with E-state index in [1.54, 1.807) is 25.1 Å². The Bertz CT molecular complexity index is 853. The third kappa shape index (κ3) is 2.28. The van der Waals surface area contributed by atoms with Gasteiger partial charge in [-0.05, 0) is 47.7 Å². The van der Waals surface area contributed by atoms with Crippen LogP contribution in [0.2, 0.25) is 0 Å². The zero-order valence-corrected chi connectivity index (χ0v) is 12.8. The molecule has 0 saturated carbocycles. The number of fused-ring (bicyclic) bond motifs is 1. The van der Waals surface area contributed by atoms with Gasteiger partial charge in [-0.2, -0.15) is 0 Å². The van der Waals surface area contributed by atoms with Crippen LogP contribution in [-0.2, 0) is 6.54 Å². The lowest BCUT2D eigenvalue weighted by Crippen LogP contribution is -2.24. The van der Waals surface area contributed by atoms with Gasteiger partial charge >= 0.3 is 0 Å². The summed E-state index contributed by atoms with van der Waals surface area (Å²) in [6, 6.07) is 5.25. The van der Waals surface area contributed by atoms with E-state index in [-0.39, 0.29) is 12.1 Å². The van der Waals surface area contributed by atoms with E-state index in [0.717, 1.165) is 5.69 Å². The summed E-state index contributed by atoms with van der Waals surface area (Å²) in [6.07, 6.45) is 1.50. The number of oxazole rings is 1. The molecule has 0 saturated heterocycles. The molecule has 3 aromatic rings. The van der Waals surface area contributed by atoms with E-state index < -0.39 is 0 Å². The fraction of sp³-hybridized carbons (Fsp3) is 0.154. The fourth-order valence-electron chi connectivity index (χ4n) is 1.86. The average Bonchev–Trinajstić information content (AvgIpc) is 2.81. The highest BCUT2D eigenvalue weighted by Gasteiger charge is 2.10. The molecular formula is C13H11IN4O2. The molecule has 3 rings (SSSR count). The topological polar surface area (TPSA) is 86.9 Å². The number of hydrogen-bond donors (Lipinski definition) is 1. The van der Waals surface area contributed by atoms with Gasteiger partial charge in [0.25, 0.3) is 5.56 Å². The summed E-state index contributed by atoms with van der Waals surface area (Å²) >= 11 is 1.99. The number of aryl methyl sites for hydroxylation is 1. The first-order valence-electron chi connectivity index (χ1n) is 5.91. The number of hydrogen-bond acceptors (Lipinski definition) is 5. The Hall–Kier alpha value is -1.90. The third-order valence-corrected chi connectivity index (χ3v) is 4.16. The quantitative estimate of drug-likeness (QED) is 0.541. The molecule has 0 bridgehead atoms. The molecule has 102 valence electrons. The Kier molecular flexibility index (Phi) is 3.20. The van der Waals surface area contributed by atoms with E-state index in [4.69, 9.17) is 10.2 Å². The molecule has 0 unspecified atom stereocenters. The van der Waals surface area contributed by atoms with Crippen molar-refractivity contribution in [1.82, 2.24) is 14.5 Å². The molecule has 0 amide bonds. The van der Waals surface area contributed by atoms with Gasteiger partial charge in [0.1, 0.15) is 12.1 Å². The summed E-state index contributed by atoms with van der Waals surface area (Å²) in [5.41, 5.74) is 8.28. The monoisotopic (exact) mass is 382 g/mol. The van der Waals surface area contributed by atoms with Gasteiger partial charge in [-0.25, -0.2) is 9.97 Å². The Labute approximate surface area is 127 Å². The second-order valence-electron chi connectivity index (χ2n) is 4.41. The molecule has 2 aromatic heterocycles. The van der Waals surface area contributed by atoms with Crippen molar-refractivity contribution in [2.45, 2.75) is 13.5 Å².